The number of carbonyl (C=O) groups excluding carboxylic acids is 1. The lowest BCUT2D eigenvalue weighted by molar-refractivity contribution is 0.0634. The van der Waals surface area contributed by atoms with E-state index in [1.165, 1.54) is 0 Å². The molecule has 0 aliphatic rings. The van der Waals surface area contributed by atoms with Crippen molar-refractivity contribution in [2.45, 2.75) is 32.8 Å². The summed E-state index contributed by atoms with van der Waals surface area (Å²) in [6, 6.07) is 0. The molecule has 0 radical (unpaired) electrons. The number of rotatable bonds is 3. The van der Waals surface area contributed by atoms with E-state index in [1.54, 1.807) is 33.2 Å². The van der Waals surface area contributed by atoms with Crippen LogP contribution in [0.15, 0.2) is 12.4 Å². The zero-order chi connectivity index (χ0) is 12.9. The van der Waals surface area contributed by atoms with Crippen LogP contribution >= 0.6 is 12.6 Å². The zero-order valence-corrected chi connectivity index (χ0v) is 11.1. The molecule has 0 saturated heterocycles. The van der Waals surface area contributed by atoms with Crippen molar-refractivity contribution >= 4 is 24.7 Å². The van der Waals surface area contributed by atoms with Crippen LogP contribution in [0.4, 0.5) is 10.7 Å². The number of aromatic nitrogens is 2. The van der Waals surface area contributed by atoms with Gasteiger partial charge >= 0.3 is 6.09 Å². The van der Waals surface area contributed by atoms with E-state index in [4.69, 9.17) is 4.74 Å². The van der Waals surface area contributed by atoms with Gasteiger partial charge in [-0.2, -0.15) is 12.6 Å². The molecule has 0 aliphatic heterocycles. The van der Waals surface area contributed by atoms with Crippen molar-refractivity contribution in [1.82, 2.24) is 9.97 Å². The molecule has 0 spiro atoms. The highest BCUT2D eigenvalue weighted by Gasteiger charge is 2.16. The van der Waals surface area contributed by atoms with Gasteiger partial charge < -0.3 is 4.74 Å². The first-order chi connectivity index (χ1) is 7.90. The SMILES string of the molecule is CC(C)(C)OC(=O)Nc1ncc(CCS)cn1. The fourth-order valence-electron chi connectivity index (χ4n) is 1.07. The molecule has 1 aromatic rings. The van der Waals surface area contributed by atoms with Crippen molar-refractivity contribution in [2.24, 2.45) is 0 Å². The molecule has 0 saturated carbocycles. The highest BCUT2D eigenvalue weighted by atomic mass is 32.1. The zero-order valence-electron chi connectivity index (χ0n) is 10.2. The molecule has 1 N–H and O–H groups in total. The summed E-state index contributed by atoms with van der Waals surface area (Å²) in [5.74, 6) is 0.976. The Balaban J connectivity index is 2.54. The van der Waals surface area contributed by atoms with Crippen LogP contribution in [0.3, 0.4) is 0 Å². The third kappa shape index (κ3) is 5.53. The van der Waals surface area contributed by atoms with Gasteiger partial charge in [-0.05, 0) is 38.5 Å². The molecule has 17 heavy (non-hydrogen) atoms. The van der Waals surface area contributed by atoms with Gasteiger partial charge in [0.15, 0.2) is 0 Å². The minimum atomic E-state index is -0.556. The fraction of sp³-hybridized carbons (Fsp3) is 0.545. The van der Waals surface area contributed by atoms with Crippen LogP contribution in [0.1, 0.15) is 26.3 Å². The quantitative estimate of drug-likeness (QED) is 0.813. The number of carbonyl (C=O) groups is 1. The lowest BCUT2D eigenvalue weighted by Gasteiger charge is -2.19. The second kappa shape index (κ2) is 5.86. The van der Waals surface area contributed by atoms with Crippen LogP contribution in [0, 0.1) is 0 Å². The van der Waals surface area contributed by atoms with Gasteiger partial charge in [0.2, 0.25) is 5.95 Å². The Morgan fingerprint density at radius 2 is 2.00 bits per heavy atom. The largest absolute Gasteiger partial charge is 0.444 e. The highest BCUT2D eigenvalue weighted by molar-refractivity contribution is 7.80. The molecule has 0 fully saturated rings. The number of ether oxygens (including phenoxy) is 1. The van der Waals surface area contributed by atoms with Gasteiger partial charge in [-0.15, -0.1) is 0 Å². The van der Waals surface area contributed by atoms with E-state index in [0.717, 1.165) is 17.7 Å². The number of hydrogen-bond donors (Lipinski definition) is 2. The van der Waals surface area contributed by atoms with Crippen molar-refractivity contribution in [2.75, 3.05) is 11.1 Å². The second-order valence-corrected chi connectivity index (χ2v) is 4.96. The molecule has 1 rings (SSSR count). The second-order valence-electron chi connectivity index (χ2n) is 4.52. The monoisotopic (exact) mass is 255 g/mol. The molecule has 5 nitrogen and oxygen atoms in total. The Morgan fingerprint density at radius 3 is 2.47 bits per heavy atom. The number of aryl methyl sites for hydroxylation is 1. The summed E-state index contributed by atoms with van der Waals surface area (Å²) >= 11 is 4.11. The van der Waals surface area contributed by atoms with Crippen LogP contribution in [0.5, 0.6) is 0 Å². The average Bonchev–Trinajstić information content (AvgIpc) is 2.18. The maximum absolute atomic E-state index is 11.4. The fourth-order valence-corrected chi connectivity index (χ4v) is 1.33. The van der Waals surface area contributed by atoms with Crippen LogP contribution < -0.4 is 5.32 Å². The van der Waals surface area contributed by atoms with Gasteiger partial charge in [0.05, 0.1) is 0 Å². The molecule has 1 aromatic heterocycles. The smallest absolute Gasteiger partial charge is 0.414 e. The summed E-state index contributed by atoms with van der Waals surface area (Å²) in [5.41, 5.74) is 0.450. The van der Waals surface area contributed by atoms with Gasteiger partial charge in [0.25, 0.3) is 0 Å². The van der Waals surface area contributed by atoms with Crippen molar-refractivity contribution in [3.8, 4) is 0 Å². The van der Waals surface area contributed by atoms with E-state index >= 15 is 0 Å². The lowest BCUT2D eigenvalue weighted by atomic mass is 10.2. The lowest BCUT2D eigenvalue weighted by Crippen LogP contribution is -2.27. The molecule has 0 unspecified atom stereocenters. The third-order valence-corrected chi connectivity index (χ3v) is 1.94. The number of anilines is 1. The molecule has 0 aliphatic carbocycles. The first-order valence-electron chi connectivity index (χ1n) is 5.32. The van der Waals surface area contributed by atoms with E-state index in [9.17, 15) is 4.79 Å². The summed E-state index contributed by atoms with van der Waals surface area (Å²) < 4.78 is 5.08. The molecule has 0 aromatic carbocycles. The average molecular weight is 255 g/mol. The molecular formula is C11H17N3O2S. The Labute approximate surface area is 106 Å². The Morgan fingerprint density at radius 1 is 1.41 bits per heavy atom. The first kappa shape index (κ1) is 13.8. The maximum Gasteiger partial charge on any atom is 0.414 e. The standard InChI is InChI=1S/C11H17N3O2S/c1-11(2,3)16-10(15)14-9-12-6-8(4-5-17)7-13-9/h6-7,17H,4-5H2,1-3H3,(H,12,13,14,15). The summed E-state index contributed by atoms with van der Waals surface area (Å²) in [6.07, 6.45) is 3.57. The Kier molecular flexibility index (Phi) is 4.74. The van der Waals surface area contributed by atoms with Crippen LogP contribution in [0.25, 0.3) is 0 Å². The van der Waals surface area contributed by atoms with Gasteiger partial charge in [-0.3, -0.25) is 5.32 Å². The normalized spacial score (nSPS) is 11.1. The van der Waals surface area contributed by atoms with Crippen molar-refractivity contribution in [3.05, 3.63) is 18.0 Å². The van der Waals surface area contributed by atoms with Crippen LogP contribution in [0.2, 0.25) is 0 Å². The molecule has 94 valence electrons. The Hall–Kier alpha value is -1.30. The van der Waals surface area contributed by atoms with Gasteiger partial charge in [-0.25, -0.2) is 14.8 Å². The summed E-state index contributed by atoms with van der Waals surface area (Å²) in [7, 11) is 0. The number of thiol groups is 1. The topological polar surface area (TPSA) is 64.1 Å². The van der Waals surface area contributed by atoms with Crippen molar-refractivity contribution in [1.29, 1.82) is 0 Å². The number of nitrogens with zero attached hydrogens (tertiary/aromatic N) is 2. The van der Waals surface area contributed by atoms with Crippen molar-refractivity contribution in [3.63, 3.8) is 0 Å². The summed E-state index contributed by atoms with van der Waals surface area (Å²) in [6.45, 7) is 5.38. The first-order valence-corrected chi connectivity index (χ1v) is 5.96. The summed E-state index contributed by atoms with van der Waals surface area (Å²) in [4.78, 5) is 19.4. The minimum Gasteiger partial charge on any atom is -0.444 e. The molecule has 0 bridgehead atoms. The Bertz CT molecular complexity index is 373. The predicted octanol–water partition coefficient (Wildman–Crippen LogP) is 2.30. The number of nitrogens with one attached hydrogen (secondary N) is 1. The number of hydrogen-bond acceptors (Lipinski definition) is 5. The third-order valence-electron chi connectivity index (χ3n) is 1.72. The predicted molar refractivity (Wildman–Crippen MR) is 69.4 cm³/mol. The van der Waals surface area contributed by atoms with E-state index < -0.39 is 11.7 Å². The molecule has 0 atom stereocenters. The highest BCUT2D eigenvalue weighted by Crippen LogP contribution is 2.09. The summed E-state index contributed by atoms with van der Waals surface area (Å²) in [5, 5.41) is 2.47. The van der Waals surface area contributed by atoms with E-state index in [-0.39, 0.29) is 5.95 Å². The van der Waals surface area contributed by atoms with Crippen LogP contribution in [-0.2, 0) is 11.2 Å². The van der Waals surface area contributed by atoms with E-state index in [2.05, 4.69) is 27.9 Å². The van der Waals surface area contributed by atoms with Gasteiger partial charge in [0, 0.05) is 12.4 Å². The maximum atomic E-state index is 11.4. The van der Waals surface area contributed by atoms with Gasteiger partial charge in [0.1, 0.15) is 5.60 Å². The minimum absolute atomic E-state index is 0.238. The van der Waals surface area contributed by atoms with Gasteiger partial charge in [-0.1, -0.05) is 0 Å². The van der Waals surface area contributed by atoms with E-state index in [1.807, 2.05) is 0 Å². The number of amides is 1. The van der Waals surface area contributed by atoms with Crippen molar-refractivity contribution < 1.29 is 9.53 Å². The molecule has 1 amide bonds. The van der Waals surface area contributed by atoms with Crippen LogP contribution in [-0.4, -0.2) is 27.4 Å². The van der Waals surface area contributed by atoms with E-state index in [0.29, 0.717) is 0 Å². The molecular weight excluding hydrogens is 238 g/mol. The molecule has 1 heterocycles. The molecule has 6 heteroatoms.